The van der Waals surface area contributed by atoms with Crippen LogP contribution in [-0.4, -0.2) is 41.5 Å². The molecule has 0 unspecified atom stereocenters. The van der Waals surface area contributed by atoms with E-state index in [0.717, 1.165) is 11.3 Å². The maximum atomic E-state index is 13.1. The third-order valence-electron chi connectivity index (χ3n) is 4.80. The zero-order valence-electron chi connectivity index (χ0n) is 14.4. The highest BCUT2D eigenvalue weighted by Crippen LogP contribution is 2.25. The van der Waals surface area contributed by atoms with E-state index in [1.165, 1.54) is 19.2 Å². The molecular formula is C19H21FN2O3. The first-order valence-corrected chi connectivity index (χ1v) is 8.30. The molecule has 2 aromatic rings. The molecule has 1 aromatic carbocycles. The molecule has 0 radical (unpaired) electrons. The molecule has 1 aliphatic heterocycles. The van der Waals surface area contributed by atoms with Gasteiger partial charge < -0.3 is 14.2 Å². The van der Waals surface area contributed by atoms with Crippen LogP contribution in [0.5, 0.6) is 0 Å². The fourth-order valence-electron chi connectivity index (χ4n) is 3.28. The smallest absolute Gasteiger partial charge is 0.308 e. The van der Waals surface area contributed by atoms with Gasteiger partial charge in [-0.1, -0.05) is 0 Å². The van der Waals surface area contributed by atoms with Crippen LogP contribution in [0.1, 0.15) is 23.3 Å². The average Bonchev–Trinajstić information content (AvgIpc) is 3.02. The lowest BCUT2D eigenvalue weighted by Gasteiger charge is -2.30. The van der Waals surface area contributed by atoms with E-state index in [-0.39, 0.29) is 23.6 Å². The molecule has 1 aromatic heterocycles. The second-order valence-electron chi connectivity index (χ2n) is 6.26. The van der Waals surface area contributed by atoms with Crippen molar-refractivity contribution in [1.29, 1.82) is 0 Å². The van der Waals surface area contributed by atoms with Gasteiger partial charge in [0.1, 0.15) is 11.5 Å². The Hall–Kier alpha value is -2.63. The van der Waals surface area contributed by atoms with Gasteiger partial charge in [-0.3, -0.25) is 9.59 Å². The van der Waals surface area contributed by atoms with Crippen LogP contribution in [0, 0.1) is 11.7 Å². The van der Waals surface area contributed by atoms with Crippen LogP contribution in [-0.2, 0) is 16.6 Å². The fourth-order valence-corrected chi connectivity index (χ4v) is 3.28. The average molecular weight is 344 g/mol. The lowest BCUT2D eigenvalue weighted by Crippen LogP contribution is -2.41. The van der Waals surface area contributed by atoms with E-state index in [9.17, 15) is 14.0 Å². The molecule has 0 bridgehead atoms. The molecule has 0 atom stereocenters. The minimum Gasteiger partial charge on any atom is -0.469 e. The highest BCUT2D eigenvalue weighted by Gasteiger charge is 2.29. The summed E-state index contributed by atoms with van der Waals surface area (Å²) in [5, 5.41) is 0. The summed E-state index contributed by atoms with van der Waals surface area (Å²) in [6.07, 6.45) is 1.24. The number of carbonyl (C=O) groups excluding carboxylic acids is 2. The molecule has 0 saturated carbocycles. The van der Waals surface area contributed by atoms with Crippen molar-refractivity contribution >= 4 is 11.9 Å². The normalized spacial score (nSPS) is 15.2. The van der Waals surface area contributed by atoms with Gasteiger partial charge in [-0.05, 0) is 54.8 Å². The lowest BCUT2D eigenvalue weighted by atomic mass is 9.97. The topological polar surface area (TPSA) is 51.5 Å². The number of methoxy groups -OCH3 is 1. The van der Waals surface area contributed by atoms with Crippen molar-refractivity contribution < 1.29 is 18.7 Å². The van der Waals surface area contributed by atoms with Gasteiger partial charge in [0.2, 0.25) is 0 Å². The van der Waals surface area contributed by atoms with Crippen molar-refractivity contribution in [3.8, 4) is 11.3 Å². The number of ether oxygens (including phenoxy) is 1. The van der Waals surface area contributed by atoms with E-state index in [1.807, 2.05) is 17.7 Å². The van der Waals surface area contributed by atoms with Crippen molar-refractivity contribution in [1.82, 2.24) is 9.47 Å². The van der Waals surface area contributed by atoms with Gasteiger partial charge in [0.05, 0.1) is 13.0 Å². The predicted molar refractivity (Wildman–Crippen MR) is 91.5 cm³/mol. The number of esters is 1. The van der Waals surface area contributed by atoms with Crippen LogP contribution in [0.3, 0.4) is 0 Å². The van der Waals surface area contributed by atoms with E-state index >= 15 is 0 Å². The number of benzene rings is 1. The predicted octanol–water partition coefficient (Wildman–Crippen LogP) is 2.86. The largest absolute Gasteiger partial charge is 0.469 e. The molecule has 1 aliphatic rings. The first kappa shape index (κ1) is 17.2. The zero-order valence-corrected chi connectivity index (χ0v) is 14.4. The number of amides is 1. The molecular weight excluding hydrogens is 323 g/mol. The number of halogens is 1. The third kappa shape index (κ3) is 3.43. The Morgan fingerprint density at radius 3 is 2.32 bits per heavy atom. The number of aromatic nitrogens is 1. The van der Waals surface area contributed by atoms with Gasteiger partial charge in [-0.25, -0.2) is 4.39 Å². The maximum Gasteiger partial charge on any atom is 0.308 e. The van der Waals surface area contributed by atoms with Gasteiger partial charge in [0, 0.05) is 25.8 Å². The second kappa shape index (κ2) is 7.09. The minimum absolute atomic E-state index is 0.0563. The standard InChI is InChI=1S/C19H21FN2O3/c1-21-16(13-3-5-15(20)6-4-13)7-8-17(21)18(23)22-11-9-14(10-12-22)19(24)25-2/h3-8,14H,9-12H2,1-2H3. The highest BCUT2D eigenvalue weighted by atomic mass is 19.1. The van der Waals surface area contributed by atoms with E-state index < -0.39 is 0 Å². The van der Waals surface area contributed by atoms with Crippen LogP contribution >= 0.6 is 0 Å². The summed E-state index contributed by atoms with van der Waals surface area (Å²) >= 11 is 0. The number of rotatable bonds is 3. The quantitative estimate of drug-likeness (QED) is 0.805. The number of hydrogen-bond donors (Lipinski definition) is 0. The van der Waals surface area contributed by atoms with Gasteiger partial charge >= 0.3 is 5.97 Å². The number of carbonyl (C=O) groups is 2. The molecule has 6 heteroatoms. The van der Waals surface area contributed by atoms with E-state index in [1.54, 1.807) is 23.1 Å². The first-order chi connectivity index (χ1) is 12.0. The number of likely N-dealkylation sites (tertiary alicyclic amines) is 1. The van der Waals surface area contributed by atoms with Crippen molar-refractivity contribution in [2.75, 3.05) is 20.2 Å². The van der Waals surface area contributed by atoms with Crippen LogP contribution in [0.25, 0.3) is 11.3 Å². The van der Waals surface area contributed by atoms with Crippen LogP contribution in [0.2, 0.25) is 0 Å². The summed E-state index contributed by atoms with van der Waals surface area (Å²) in [4.78, 5) is 26.2. The Balaban J connectivity index is 1.74. The number of hydrogen-bond acceptors (Lipinski definition) is 3. The third-order valence-corrected chi connectivity index (χ3v) is 4.80. The molecule has 132 valence electrons. The Morgan fingerprint density at radius 1 is 1.08 bits per heavy atom. The first-order valence-electron chi connectivity index (χ1n) is 8.30. The van der Waals surface area contributed by atoms with Crippen LogP contribution < -0.4 is 0 Å². The molecule has 0 spiro atoms. The molecule has 2 heterocycles. The SMILES string of the molecule is COC(=O)C1CCN(C(=O)c2ccc(-c3ccc(F)cc3)n2C)CC1. The molecule has 0 aliphatic carbocycles. The van der Waals surface area contributed by atoms with Crippen LogP contribution in [0.4, 0.5) is 4.39 Å². The summed E-state index contributed by atoms with van der Waals surface area (Å²) in [6, 6.07) is 9.85. The fraction of sp³-hybridized carbons (Fsp3) is 0.368. The molecule has 25 heavy (non-hydrogen) atoms. The second-order valence-corrected chi connectivity index (χ2v) is 6.26. The Morgan fingerprint density at radius 2 is 1.72 bits per heavy atom. The van der Waals surface area contributed by atoms with Crippen molar-refractivity contribution in [2.24, 2.45) is 13.0 Å². The Bertz CT molecular complexity index is 774. The van der Waals surface area contributed by atoms with E-state index in [2.05, 4.69) is 0 Å². The lowest BCUT2D eigenvalue weighted by molar-refractivity contribution is -0.146. The van der Waals surface area contributed by atoms with E-state index in [0.29, 0.717) is 31.6 Å². The summed E-state index contributed by atoms with van der Waals surface area (Å²) in [5.74, 6) is -0.677. The molecule has 0 N–H and O–H groups in total. The molecule has 3 rings (SSSR count). The maximum absolute atomic E-state index is 13.1. The summed E-state index contributed by atoms with van der Waals surface area (Å²) < 4.78 is 19.7. The molecule has 1 fully saturated rings. The van der Waals surface area contributed by atoms with Crippen molar-refractivity contribution in [2.45, 2.75) is 12.8 Å². The molecule has 5 nitrogen and oxygen atoms in total. The number of nitrogens with zero attached hydrogens (tertiary/aromatic N) is 2. The Labute approximate surface area is 146 Å². The van der Waals surface area contributed by atoms with Crippen molar-refractivity contribution in [3.63, 3.8) is 0 Å². The van der Waals surface area contributed by atoms with Gasteiger partial charge in [-0.15, -0.1) is 0 Å². The van der Waals surface area contributed by atoms with E-state index in [4.69, 9.17) is 4.74 Å². The minimum atomic E-state index is -0.289. The summed E-state index contributed by atoms with van der Waals surface area (Å²) in [6.45, 7) is 1.07. The monoisotopic (exact) mass is 344 g/mol. The Kier molecular flexibility index (Phi) is 4.88. The summed E-state index contributed by atoms with van der Waals surface area (Å²) in [7, 11) is 3.22. The highest BCUT2D eigenvalue weighted by molar-refractivity contribution is 5.94. The van der Waals surface area contributed by atoms with Crippen molar-refractivity contribution in [3.05, 3.63) is 47.9 Å². The number of piperidine rings is 1. The van der Waals surface area contributed by atoms with Gasteiger partial charge in [0.25, 0.3) is 5.91 Å². The van der Waals surface area contributed by atoms with Gasteiger partial charge in [-0.2, -0.15) is 0 Å². The molecule has 1 amide bonds. The zero-order chi connectivity index (χ0) is 18.0. The molecule has 1 saturated heterocycles. The summed E-state index contributed by atoms with van der Waals surface area (Å²) in [5.41, 5.74) is 2.29. The van der Waals surface area contributed by atoms with Gasteiger partial charge in [0.15, 0.2) is 0 Å². The van der Waals surface area contributed by atoms with Crippen LogP contribution in [0.15, 0.2) is 36.4 Å².